The summed E-state index contributed by atoms with van der Waals surface area (Å²) in [5.74, 6) is -0.506. The lowest BCUT2D eigenvalue weighted by Crippen LogP contribution is -2.48. The molecule has 0 aromatic heterocycles. The molecule has 140 valence electrons. The lowest BCUT2D eigenvalue weighted by atomic mass is 9.87. The van der Waals surface area contributed by atoms with E-state index in [9.17, 15) is 13.6 Å². The summed E-state index contributed by atoms with van der Waals surface area (Å²) in [4.78, 5) is 12.6. The number of carbonyl (C=O) groups excluding carboxylic acids is 1. The minimum Gasteiger partial charge on any atom is -0.490 e. The van der Waals surface area contributed by atoms with Gasteiger partial charge < -0.3 is 15.8 Å². The number of ether oxygens (including phenoxy) is 1. The van der Waals surface area contributed by atoms with Crippen molar-refractivity contribution in [1.82, 2.24) is 5.32 Å². The number of amides is 1. The summed E-state index contributed by atoms with van der Waals surface area (Å²) in [6.07, 6.45) is 8.23. The zero-order chi connectivity index (χ0) is 18.3. The van der Waals surface area contributed by atoms with Crippen molar-refractivity contribution < 1.29 is 18.3 Å². The molecule has 1 aromatic rings. The van der Waals surface area contributed by atoms with Gasteiger partial charge in [-0.3, -0.25) is 4.79 Å². The molecule has 4 rings (SSSR count). The highest BCUT2D eigenvalue weighted by Crippen LogP contribution is 2.42. The van der Waals surface area contributed by atoms with Crippen LogP contribution in [0.2, 0.25) is 0 Å². The van der Waals surface area contributed by atoms with E-state index < -0.39 is 11.6 Å². The zero-order valence-corrected chi connectivity index (χ0v) is 14.5. The molecule has 3 aliphatic rings. The van der Waals surface area contributed by atoms with Crippen molar-refractivity contribution in [2.75, 3.05) is 0 Å². The third kappa shape index (κ3) is 3.47. The van der Waals surface area contributed by atoms with E-state index in [1.165, 1.54) is 12.1 Å². The van der Waals surface area contributed by atoms with Crippen LogP contribution in [-0.4, -0.2) is 24.1 Å². The van der Waals surface area contributed by atoms with E-state index in [2.05, 4.69) is 17.5 Å². The Balaban J connectivity index is 1.27. The molecule has 0 aliphatic heterocycles. The van der Waals surface area contributed by atoms with Crippen LogP contribution in [0.25, 0.3) is 0 Å². The number of carbonyl (C=O) groups is 1. The van der Waals surface area contributed by atoms with Gasteiger partial charge in [0.2, 0.25) is 5.91 Å². The summed E-state index contributed by atoms with van der Waals surface area (Å²) in [5, 5.41) is 3.15. The van der Waals surface area contributed by atoms with E-state index in [0.29, 0.717) is 5.92 Å². The van der Waals surface area contributed by atoms with Gasteiger partial charge in [0.1, 0.15) is 17.4 Å². The lowest BCUT2D eigenvalue weighted by Gasteiger charge is -2.32. The standard InChI is InChI=1S/C20H24F2N2O2/c21-13-8-14(22)10-17(9-13)26-16-5-3-15(4-6-16)24-20(25)18-11-1-2-12(7-11)19(18)23/h1-2,8-12,15-16,18-19H,3-7,23H2,(H,24,25)/t11-,12+,15?,16?,18-,19+/m1/s1. The summed E-state index contributed by atoms with van der Waals surface area (Å²) in [6, 6.07) is 3.26. The average Bonchev–Trinajstić information content (AvgIpc) is 3.16. The van der Waals surface area contributed by atoms with Crippen LogP contribution >= 0.6 is 0 Å². The van der Waals surface area contributed by atoms with E-state index in [1.54, 1.807) is 0 Å². The third-order valence-electron chi connectivity index (χ3n) is 5.98. The Bertz CT molecular complexity index is 696. The Kier molecular flexibility index (Phi) is 4.69. The van der Waals surface area contributed by atoms with E-state index >= 15 is 0 Å². The minimum atomic E-state index is -0.641. The van der Waals surface area contributed by atoms with Crippen molar-refractivity contribution >= 4 is 5.91 Å². The number of allylic oxidation sites excluding steroid dienone is 1. The van der Waals surface area contributed by atoms with Crippen LogP contribution in [0.4, 0.5) is 8.78 Å². The van der Waals surface area contributed by atoms with Crippen molar-refractivity contribution in [3.8, 4) is 5.75 Å². The number of halogens is 2. The third-order valence-corrected chi connectivity index (χ3v) is 5.98. The Morgan fingerprint density at radius 2 is 1.69 bits per heavy atom. The van der Waals surface area contributed by atoms with E-state index in [1.807, 2.05) is 0 Å². The molecule has 4 nitrogen and oxygen atoms in total. The highest BCUT2D eigenvalue weighted by atomic mass is 19.1. The SMILES string of the molecule is N[C@@H]1[C@H](C(=O)NC2CCC(Oc3cc(F)cc(F)c3)CC2)[C@@H]2C=C[C@H]1C2. The van der Waals surface area contributed by atoms with Gasteiger partial charge in [0.05, 0.1) is 12.0 Å². The number of nitrogens with two attached hydrogens (primary N) is 1. The first-order chi connectivity index (χ1) is 12.5. The Labute approximate surface area is 151 Å². The second kappa shape index (κ2) is 6.99. The topological polar surface area (TPSA) is 64.4 Å². The molecule has 26 heavy (non-hydrogen) atoms. The van der Waals surface area contributed by atoms with Gasteiger partial charge in [0.15, 0.2) is 0 Å². The van der Waals surface area contributed by atoms with Gasteiger partial charge in [-0.1, -0.05) is 12.2 Å². The van der Waals surface area contributed by atoms with Crippen molar-refractivity contribution in [2.24, 2.45) is 23.5 Å². The van der Waals surface area contributed by atoms with Gasteiger partial charge >= 0.3 is 0 Å². The molecule has 0 unspecified atom stereocenters. The fraction of sp³-hybridized carbons (Fsp3) is 0.550. The Morgan fingerprint density at radius 1 is 1.04 bits per heavy atom. The maximum absolute atomic E-state index is 13.2. The molecule has 1 aromatic carbocycles. The van der Waals surface area contributed by atoms with Gasteiger partial charge in [0, 0.05) is 30.3 Å². The predicted molar refractivity (Wildman–Crippen MR) is 93.4 cm³/mol. The molecule has 3 aliphatic carbocycles. The van der Waals surface area contributed by atoms with Gasteiger partial charge in [-0.15, -0.1) is 0 Å². The fourth-order valence-corrected chi connectivity index (χ4v) is 4.64. The van der Waals surface area contributed by atoms with Gasteiger partial charge in [-0.25, -0.2) is 8.78 Å². The zero-order valence-electron chi connectivity index (χ0n) is 14.5. The summed E-state index contributed by atoms with van der Waals surface area (Å²) >= 11 is 0. The highest BCUT2D eigenvalue weighted by molar-refractivity contribution is 5.81. The largest absolute Gasteiger partial charge is 0.490 e. The first-order valence-electron chi connectivity index (χ1n) is 9.36. The molecule has 2 fully saturated rings. The molecule has 0 spiro atoms. The molecule has 0 heterocycles. The summed E-state index contributed by atoms with van der Waals surface area (Å²) < 4.78 is 32.2. The Hall–Kier alpha value is -1.95. The van der Waals surface area contributed by atoms with Crippen molar-refractivity contribution in [3.05, 3.63) is 42.0 Å². The van der Waals surface area contributed by atoms with E-state index in [-0.39, 0.29) is 41.7 Å². The quantitative estimate of drug-likeness (QED) is 0.810. The van der Waals surface area contributed by atoms with Crippen LogP contribution in [0.5, 0.6) is 5.75 Å². The van der Waals surface area contributed by atoms with Crippen LogP contribution in [0.3, 0.4) is 0 Å². The number of hydrogen-bond donors (Lipinski definition) is 2. The molecular formula is C20H24F2N2O2. The number of benzene rings is 1. The monoisotopic (exact) mass is 362 g/mol. The summed E-state index contributed by atoms with van der Waals surface area (Å²) in [6.45, 7) is 0. The molecule has 6 heteroatoms. The van der Waals surface area contributed by atoms with Crippen LogP contribution in [0.15, 0.2) is 30.4 Å². The maximum Gasteiger partial charge on any atom is 0.225 e. The average molecular weight is 362 g/mol. The number of rotatable bonds is 4. The van der Waals surface area contributed by atoms with Gasteiger partial charge in [0.25, 0.3) is 0 Å². The van der Waals surface area contributed by atoms with Gasteiger partial charge in [-0.2, -0.15) is 0 Å². The summed E-state index contributed by atoms with van der Waals surface area (Å²) in [7, 11) is 0. The smallest absolute Gasteiger partial charge is 0.225 e. The molecule has 2 saturated carbocycles. The fourth-order valence-electron chi connectivity index (χ4n) is 4.64. The van der Waals surface area contributed by atoms with Crippen LogP contribution in [-0.2, 0) is 4.79 Å². The molecule has 0 radical (unpaired) electrons. The molecule has 3 N–H and O–H groups in total. The van der Waals surface area contributed by atoms with Crippen molar-refractivity contribution in [2.45, 2.75) is 50.3 Å². The molecule has 1 amide bonds. The van der Waals surface area contributed by atoms with Crippen LogP contribution in [0.1, 0.15) is 32.1 Å². The van der Waals surface area contributed by atoms with Gasteiger partial charge in [-0.05, 0) is 43.9 Å². The van der Waals surface area contributed by atoms with Crippen molar-refractivity contribution in [3.63, 3.8) is 0 Å². The van der Waals surface area contributed by atoms with E-state index in [4.69, 9.17) is 10.5 Å². The Morgan fingerprint density at radius 3 is 2.31 bits per heavy atom. The molecular weight excluding hydrogens is 338 g/mol. The highest BCUT2D eigenvalue weighted by Gasteiger charge is 2.46. The minimum absolute atomic E-state index is 0.0610. The number of fused-ring (bicyclic) bond motifs is 2. The van der Waals surface area contributed by atoms with Crippen LogP contribution in [0, 0.1) is 29.4 Å². The number of nitrogens with one attached hydrogen (secondary N) is 1. The normalized spacial score (nSPS) is 35.5. The van der Waals surface area contributed by atoms with E-state index in [0.717, 1.165) is 38.2 Å². The van der Waals surface area contributed by atoms with Crippen molar-refractivity contribution in [1.29, 1.82) is 0 Å². The number of hydrogen-bond acceptors (Lipinski definition) is 3. The first kappa shape index (κ1) is 17.5. The first-order valence-corrected chi connectivity index (χ1v) is 9.36. The maximum atomic E-state index is 13.2. The second-order valence-corrected chi connectivity index (χ2v) is 7.76. The molecule has 2 bridgehead atoms. The lowest BCUT2D eigenvalue weighted by molar-refractivity contribution is -0.127. The predicted octanol–water partition coefficient (Wildman–Crippen LogP) is 2.92. The van der Waals surface area contributed by atoms with Crippen LogP contribution < -0.4 is 15.8 Å². The second-order valence-electron chi connectivity index (χ2n) is 7.76. The molecule has 4 atom stereocenters. The summed E-state index contributed by atoms with van der Waals surface area (Å²) in [5.41, 5.74) is 6.21. The molecule has 0 saturated heterocycles.